The molecule has 0 spiro atoms. The zero-order chi connectivity index (χ0) is 9.26. The van der Waals surface area contributed by atoms with Crippen molar-refractivity contribution in [3.05, 3.63) is 21.9 Å². The second-order valence-corrected chi connectivity index (χ2v) is 4.87. The lowest BCUT2D eigenvalue weighted by atomic mass is 9.98. The first kappa shape index (κ1) is 9.19. The van der Waals surface area contributed by atoms with E-state index in [2.05, 4.69) is 23.7 Å². The Hall–Kier alpha value is -0.380. The average molecular weight is 197 g/mol. The Morgan fingerprint density at radius 1 is 1.62 bits per heavy atom. The number of hydrogen-bond acceptors (Lipinski definition) is 3. The fraction of sp³-hybridized carbons (Fsp3) is 0.600. The predicted molar refractivity (Wildman–Crippen MR) is 55.1 cm³/mol. The van der Waals surface area contributed by atoms with Crippen molar-refractivity contribution in [2.45, 2.75) is 19.4 Å². The third-order valence-corrected chi connectivity index (χ3v) is 3.50. The summed E-state index contributed by atoms with van der Waals surface area (Å²) in [6.45, 7) is 3.83. The minimum absolute atomic E-state index is 0.153. The van der Waals surface area contributed by atoms with Crippen LogP contribution in [-0.4, -0.2) is 24.3 Å². The Bertz CT molecular complexity index is 284. The quantitative estimate of drug-likeness (QED) is 0.746. The Morgan fingerprint density at radius 3 is 3.00 bits per heavy atom. The van der Waals surface area contributed by atoms with E-state index < -0.39 is 0 Å². The van der Waals surface area contributed by atoms with Crippen molar-refractivity contribution in [1.29, 1.82) is 0 Å². The fourth-order valence-electron chi connectivity index (χ4n) is 1.84. The molecule has 2 nitrogen and oxygen atoms in total. The van der Waals surface area contributed by atoms with Gasteiger partial charge in [-0.15, -0.1) is 11.3 Å². The lowest BCUT2D eigenvalue weighted by Crippen LogP contribution is -2.19. The van der Waals surface area contributed by atoms with Crippen molar-refractivity contribution in [2.75, 3.05) is 13.1 Å². The van der Waals surface area contributed by atoms with Crippen LogP contribution in [0.2, 0.25) is 0 Å². The molecule has 0 aliphatic carbocycles. The number of nitrogens with one attached hydrogen (secondary N) is 1. The van der Waals surface area contributed by atoms with Gasteiger partial charge in [-0.2, -0.15) is 0 Å². The molecule has 0 unspecified atom stereocenters. The van der Waals surface area contributed by atoms with Gasteiger partial charge in [-0.05, 0) is 30.4 Å². The molecule has 0 amide bonds. The monoisotopic (exact) mass is 197 g/mol. The first-order valence-electron chi connectivity index (χ1n) is 4.68. The van der Waals surface area contributed by atoms with Crippen LogP contribution in [0, 0.1) is 12.8 Å². The van der Waals surface area contributed by atoms with Gasteiger partial charge in [-0.1, -0.05) is 0 Å². The highest BCUT2D eigenvalue weighted by Gasteiger charge is 2.24. The van der Waals surface area contributed by atoms with Gasteiger partial charge in [0.25, 0.3) is 0 Å². The summed E-state index contributed by atoms with van der Waals surface area (Å²) >= 11 is 1.79. The summed E-state index contributed by atoms with van der Waals surface area (Å²) in [6, 6.07) is 2.22. The third kappa shape index (κ3) is 2.10. The Labute approximate surface area is 82.6 Å². The van der Waals surface area contributed by atoms with Crippen LogP contribution in [0.25, 0.3) is 0 Å². The lowest BCUT2D eigenvalue weighted by molar-refractivity contribution is 0.148. The summed E-state index contributed by atoms with van der Waals surface area (Å²) in [6.07, 6.45) is 0.860. The van der Waals surface area contributed by atoms with E-state index in [1.54, 1.807) is 11.3 Å². The van der Waals surface area contributed by atoms with E-state index in [9.17, 15) is 5.11 Å². The van der Waals surface area contributed by atoms with Gasteiger partial charge in [0.1, 0.15) is 0 Å². The molecule has 1 saturated heterocycles. The van der Waals surface area contributed by atoms with Gasteiger partial charge in [0.05, 0.1) is 6.10 Å². The second-order valence-electron chi connectivity index (χ2n) is 3.76. The van der Waals surface area contributed by atoms with Crippen LogP contribution in [0.5, 0.6) is 0 Å². The average Bonchev–Trinajstić information content (AvgIpc) is 2.64. The first-order chi connectivity index (χ1) is 6.25. The molecule has 2 N–H and O–H groups in total. The maximum absolute atomic E-state index is 9.60. The van der Waals surface area contributed by atoms with Crippen molar-refractivity contribution >= 4 is 11.3 Å². The van der Waals surface area contributed by atoms with Crippen molar-refractivity contribution in [3.8, 4) is 0 Å². The van der Waals surface area contributed by atoms with E-state index in [4.69, 9.17) is 0 Å². The molecule has 1 fully saturated rings. The molecule has 0 saturated carbocycles. The van der Waals surface area contributed by atoms with Gasteiger partial charge in [-0.25, -0.2) is 0 Å². The van der Waals surface area contributed by atoms with Crippen LogP contribution >= 0.6 is 11.3 Å². The summed E-state index contributed by atoms with van der Waals surface area (Å²) < 4.78 is 0. The molecule has 0 aromatic carbocycles. The van der Waals surface area contributed by atoms with Crippen LogP contribution in [0.15, 0.2) is 11.4 Å². The van der Waals surface area contributed by atoms with Gasteiger partial charge < -0.3 is 10.4 Å². The number of aliphatic hydroxyl groups is 1. The smallest absolute Gasteiger partial charge is 0.0708 e. The molecule has 3 heteroatoms. The number of rotatable bonds is 2. The van der Waals surface area contributed by atoms with Gasteiger partial charge in [0.2, 0.25) is 0 Å². The van der Waals surface area contributed by atoms with E-state index in [1.165, 1.54) is 10.4 Å². The summed E-state index contributed by atoms with van der Waals surface area (Å²) in [5.74, 6) is 0.411. The molecular formula is C10H15NOS. The van der Waals surface area contributed by atoms with E-state index in [0.717, 1.165) is 19.5 Å². The Morgan fingerprint density at radius 2 is 2.46 bits per heavy atom. The largest absolute Gasteiger partial charge is 0.391 e. The maximum atomic E-state index is 9.60. The van der Waals surface area contributed by atoms with E-state index in [-0.39, 0.29) is 6.10 Å². The number of aliphatic hydroxyl groups excluding tert-OH is 1. The fourth-order valence-corrected chi connectivity index (χ4v) is 2.56. The topological polar surface area (TPSA) is 32.3 Å². The van der Waals surface area contributed by atoms with Crippen molar-refractivity contribution in [3.63, 3.8) is 0 Å². The summed E-state index contributed by atoms with van der Waals surface area (Å²) in [7, 11) is 0. The zero-order valence-electron chi connectivity index (χ0n) is 7.79. The van der Waals surface area contributed by atoms with Crippen LogP contribution in [0.4, 0.5) is 0 Å². The Kier molecular flexibility index (Phi) is 2.67. The van der Waals surface area contributed by atoms with Crippen LogP contribution in [0.1, 0.15) is 10.4 Å². The standard InChI is InChI=1S/C10H15NOS/c1-7-2-8(6-13-7)3-9-4-11-5-10(9)12/h2,6,9-12H,3-5H2,1H3/t9-,10-/m1/s1. The first-order valence-corrected chi connectivity index (χ1v) is 5.56. The predicted octanol–water partition coefficient (Wildman–Crippen LogP) is 1.18. The Balaban J connectivity index is 1.97. The normalized spacial score (nSPS) is 28.2. The minimum Gasteiger partial charge on any atom is -0.391 e. The molecule has 1 aliphatic rings. The minimum atomic E-state index is -0.153. The molecule has 1 aromatic rings. The van der Waals surface area contributed by atoms with Crippen molar-refractivity contribution in [2.24, 2.45) is 5.92 Å². The summed E-state index contributed by atoms with van der Waals surface area (Å²) in [5, 5.41) is 15.0. The highest BCUT2D eigenvalue weighted by atomic mass is 32.1. The highest BCUT2D eigenvalue weighted by Crippen LogP contribution is 2.20. The molecule has 2 atom stereocenters. The molecule has 1 aromatic heterocycles. The number of aryl methyl sites for hydroxylation is 1. The molecule has 0 bridgehead atoms. The molecule has 72 valence electrons. The van der Waals surface area contributed by atoms with E-state index in [1.807, 2.05) is 0 Å². The summed E-state index contributed by atoms with van der Waals surface area (Å²) in [5.41, 5.74) is 1.37. The highest BCUT2D eigenvalue weighted by molar-refractivity contribution is 7.10. The van der Waals surface area contributed by atoms with E-state index in [0.29, 0.717) is 5.92 Å². The van der Waals surface area contributed by atoms with Crippen LogP contribution < -0.4 is 5.32 Å². The van der Waals surface area contributed by atoms with Crippen LogP contribution in [-0.2, 0) is 6.42 Å². The molecular weight excluding hydrogens is 182 g/mol. The third-order valence-electron chi connectivity index (χ3n) is 2.59. The number of β-amino-alcohol motifs (C(OH)–C–C–N with tert-alkyl or cyclic N) is 1. The van der Waals surface area contributed by atoms with Crippen LogP contribution in [0.3, 0.4) is 0 Å². The van der Waals surface area contributed by atoms with Gasteiger partial charge in [-0.3, -0.25) is 0 Å². The molecule has 2 heterocycles. The lowest BCUT2D eigenvalue weighted by Gasteiger charge is -2.11. The molecule has 2 rings (SSSR count). The molecule has 0 radical (unpaired) electrons. The van der Waals surface area contributed by atoms with Gasteiger partial charge in [0.15, 0.2) is 0 Å². The summed E-state index contributed by atoms with van der Waals surface area (Å²) in [4.78, 5) is 1.36. The van der Waals surface area contributed by atoms with Gasteiger partial charge in [0, 0.05) is 23.9 Å². The van der Waals surface area contributed by atoms with Gasteiger partial charge >= 0.3 is 0 Å². The second kappa shape index (κ2) is 3.78. The zero-order valence-corrected chi connectivity index (χ0v) is 8.60. The van der Waals surface area contributed by atoms with Crippen molar-refractivity contribution in [1.82, 2.24) is 5.32 Å². The SMILES string of the molecule is Cc1cc(C[C@@H]2CNC[C@H]2O)cs1. The number of thiophene rings is 1. The molecule has 13 heavy (non-hydrogen) atoms. The number of hydrogen-bond donors (Lipinski definition) is 2. The maximum Gasteiger partial charge on any atom is 0.0708 e. The molecule has 1 aliphatic heterocycles. The van der Waals surface area contributed by atoms with E-state index >= 15 is 0 Å². The van der Waals surface area contributed by atoms with Crippen molar-refractivity contribution < 1.29 is 5.11 Å².